The number of tetrazole rings is 1. The molecule has 1 aliphatic carbocycles. The minimum absolute atomic E-state index is 0.0645. The summed E-state index contributed by atoms with van der Waals surface area (Å²) < 4.78 is 0. The Morgan fingerprint density at radius 2 is 1.81 bits per heavy atom. The van der Waals surface area contributed by atoms with Crippen molar-refractivity contribution in [3.63, 3.8) is 0 Å². The van der Waals surface area contributed by atoms with Crippen LogP contribution in [-0.2, 0) is 4.79 Å². The Morgan fingerprint density at radius 1 is 1.00 bits per heavy atom. The molecule has 1 aliphatic heterocycles. The number of carbonyl (C=O) groups is 1. The van der Waals surface area contributed by atoms with Gasteiger partial charge in [0.1, 0.15) is 0 Å². The number of allylic oxidation sites excluding steroid dienone is 1. The quantitative estimate of drug-likeness (QED) is 0.494. The highest BCUT2D eigenvalue weighted by Gasteiger charge is 2.40. The Kier molecular flexibility index (Phi) is 4.05. The fourth-order valence-electron chi connectivity index (χ4n) is 5.17. The second-order valence-electron chi connectivity index (χ2n) is 9.44. The summed E-state index contributed by atoms with van der Waals surface area (Å²) in [6, 6.07) is 20.5. The van der Waals surface area contributed by atoms with Crippen LogP contribution >= 0.6 is 0 Å². The third-order valence-corrected chi connectivity index (χ3v) is 6.56. The van der Waals surface area contributed by atoms with E-state index in [1.165, 1.54) is 21.9 Å². The number of carbonyl (C=O) groups excluding carboxylic acids is 1. The van der Waals surface area contributed by atoms with Gasteiger partial charge in [0.2, 0.25) is 0 Å². The molecular weight excluding hydrogens is 398 g/mol. The molecule has 6 heteroatoms. The van der Waals surface area contributed by atoms with Crippen LogP contribution in [0.1, 0.15) is 43.9 Å². The van der Waals surface area contributed by atoms with Gasteiger partial charge in [0, 0.05) is 29.1 Å². The van der Waals surface area contributed by atoms with Crippen molar-refractivity contribution < 1.29 is 4.79 Å². The number of hydrogen-bond donors (Lipinski definition) is 1. The van der Waals surface area contributed by atoms with Crippen molar-refractivity contribution in [3.05, 3.63) is 77.4 Å². The molecule has 0 fully saturated rings. The standard InChI is InChI=1S/C26H23N5O/c1-26(2)13-19-22-18-6-4-3-5-15(18)11-12-20(22)27-24(23(19)21(32)14-26)16-7-9-17(10-8-16)25-28-30-31-29-25/h3-12,24H,13-14H2,1-2H3,(H2,27,28,29,30,31,32)/p-1/t24-/m0/s1. The zero-order valence-corrected chi connectivity index (χ0v) is 18.0. The van der Waals surface area contributed by atoms with Crippen molar-refractivity contribution in [2.45, 2.75) is 32.7 Å². The molecule has 1 aromatic heterocycles. The summed E-state index contributed by atoms with van der Waals surface area (Å²) in [6.07, 6.45) is 1.44. The van der Waals surface area contributed by atoms with Gasteiger partial charge >= 0.3 is 0 Å². The number of fused-ring (bicyclic) bond motifs is 4. The maximum absolute atomic E-state index is 13.5. The van der Waals surface area contributed by atoms with Crippen molar-refractivity contribution in [1.29, 1.82) is 0 Å². The minimum Gasteiger partial charge on any atom is -0.373 e. The molecule has 0 amide bonds. The van der Waals surface area contributed by atoms with Gasteiger partial charge in [0.05, 0.1) is 6.04 Å². The molecule has 3 aromatic carbocycles. The predicted octanol–water partition coefficient (Wildman–Crippen LogP) is 4.96. The monoisotopic (exact) mass is 420 g/mol. The van der Waals surface area contributed by atoms with Crippen LogP contribution in [0.5, 0.6) is 0 Å². The highest BCUT2D eigenvalue weighted by Crippen LogP contribution is 2.52. The number of aromatic nitrogens is 4. The summed E-state index contributed by atoms with van der Waals surface area (Å²) in [4.78, 5) is 13.5. The summed E-state index contributed by atoms with van der Waals surface area (Å²) in [5.41, 5.74) is 6.16. The number of rotatable bonds is 2. The topological polar surface area (TPSA) is 81.9 Å². The Labute approximate surface area is 185 Å². The van der Waals surface area contributed by atoms with E-state index < -0.39 is 0 Å². The van der Waals surface area contributed by atoms with Crippen molar-refractivity contribution in [2.24, 2.45) is 5.41 Å². The summed E-state index contributed by atoms with van der Waals surface area (Å²) in [6.45, 7) is 4.38. The molecule has 2 aliphatic rings. The lowest BCUT2D eigenvalue weighted by Crippen LogP contribution is -2.33. The van der Waals surface area contributed by atoms with Crippen LogP contribution in [-0.4, -0.2) is 21.3 Å². The lowest BCUT2D eigenvalue weighted by atomic mass is 9.68. The smallest absolute Gasteiger partial charge is 0.162 e. The molecule has 0 bridgehead atoms. The molecule has 0 saturated heterocycles. The van der Waals surface area contributed by atoms with E-state index in [0.29, 0.717) is 12.2 Å². The summed E-state index contributed by atoms with van der Waals surface area (Å²) in [7, 11) is 0. The molecule has 1 atom stereocenters. The van der Waals surface area contributed by atoms with Gasteiger partial charge in [-0.2, -0.15) is 5.21 Å². The molecule has 32 heavy (non-hydrogen) atoms. The first-order valence-corrected chi connectivity index (χ1v) is 10.8. The Bertz CT molecular complexity index is 1380. The van der Waals surface area contributed by atoms with Crippen LogP contribution in [0.4, 0.5) is 5.69 Å². The van der Waals surface area contributed by atoms with E-state index in [4.69, 9.17) is 0 Å². The minimum atomic E-state index is -0.187. The molecule has 1 N–H and O–H groups in total. The van der Waals surface area contributed by atoms with Gasteiger partial charge in [-0.3, -0.25) is 15.1 Å². The SMILES string of the molecule is CC1(C)CC(=O)C2=C(C1)c1c(ccc3ccccc13)N[C@H]2c1ccc(-c2nnn[n-]2)cc1. The third kappa shape index (κ3) is 2.94. The summed E-state index contributed by atoms with van der Waals surface area (Å²) in [5, 5.41) is 21.0. The van der Waals surface area contributed by atoms with Crippen molar-refractivity contribution in [3.8, 4) is 11.4 Å². The lowest BCUT2D eigenvalue weighted by molar-refractivity contribution is -0.118. The molecule has 6 nitrogen and oxygen atoms in total. The normalized spacial score (nSPS) is 19.4. The molecule has 4 aromatic rings. The van der Waals surface area contributed by atoms with E-state index in [1.807, 2.05) is 24.3 Å². The van der Waals surface area contributed by atoms with E-state index in [9.17, 15) is 4.79 Å². The molecular formula is C26H22N5O-. The summed E-state index contributed by atoms with van der Waals surface area (Å²) in [5.74, 6) is 0.726. The first-order valence-electron chi connectivity index (χ1n) is 10.8. The molecule has 0 spiro atoms. The number of ketones is 1. The fourth-order valence-corrected chi connectivity index (χ4v) is 5.17. The number of Topliss-reactive ketones (excluding diaryl/α,β-unsaturated/α-hetero) is 1. The van der Waals surface area contributed by atoms with Crippen LogP contribution in [0, 0.1) is 5.41 Å². The lowest BCUT2D eigenvalue weighted by Gasteiger charge is -2.40. The van der Waals surface area contributed by atoms with Gasteiger partial charge in [-0.25, -0.2) is 0 Å². The second-order valence-corrected chi connectivity index (χ2v) is 9.44. The largest absolute Gasteiger partial charge is 0.373 e. The van der Waals surface area contributed by atoms with Crippen LogP contribution in [0.3, 0.4) is 0 Å². The van der Waals surface area contributed by atoms with Gasteiger partial charge in [0.15, 0.2) is 5.78 Å². The Balaban J connectivity index is 1.53. The van der Waals surface area contributed by atoms with E-state index in [2.05, 4.69) is 76.2 Å². The van der Waals surface area contributed by atoms with E-state index in [0.717, 1.165) is 28.8 Å². The second kappa shape index (κ2) is 6.85. The zero-order chi connectivity index (χ0) is 21.9. The van der Waals surface area contributed by atoms with Gasteiger partial charge in [0.25, 0.3) is 0 Å². The number of nitrogens with one attached hydrogen (secondary N) is 1. The maximum Gasteiger partial charge on any atom is 0.162 e. The maximum atomic E-state index is 13.5. The van der Waals surface area contributed by atoms with E-state index >= 15 is 0 Å². The average Bonchev–Trinajstić information content (AvgIpc) is 3.32. The van der Waals surface area contributed by atoms with Crippen molar-refractivity contribution >= 4 is 27.8 Å². The molecule has 0 saturated carbocycles. The predicted molar refractivity (Wildman–Crippen MR) is 124 cm³/mol. The van der Waals surface area contributed by atoms with Gasteiger partial charge in [-0.15, -0.1) is 0 Å². The number of nitrogens with zero attached hydrogens (tertiary/aromatic N) is 4. The Hall–Kier alpha value is -3.80. The fraction of sp³-hybridized carbons (Fsp3) is 0.231. The summed E-state index contributed by atoms with van der Waals surface area (Å²) >= 11 is 0. The van der Waals surface area contributed by atoms with E-state index in [-0.39, 0.29) is 17.2 Å². The average molecular weight is 420 g/mol. The van der Waals surface area contributed by atoms with Crippen LogP contribution in [0.2, 0.25) is 0 Å². The number of benzene rings is 3. The molecule has 158 valence electrons. The molecule has 0 unspecified atom stereocenters. The highest BCUT2D eigenvalue weighted by molar-refractivity contribution is 6.12. The van der Waals surface area contributed by atoms with Crippen LogP contribution in [0.25, 0.3) is 27.7 Å². The molecule has 6 rings (SSSR count). The number of hydrogen-bond acceptors (Lipinski definition) is 5. The van der Waals surface area contributed by atoms with Crippen molar-refractivity contribution in [1.82, 2.24) is 20.6 Å². The van der Waals surface area contributed by atoms with Gasteiger partial charge in [-0.1, -0.05) is 68.4 Å². The van der Waals surface area contributed by atoms with E-state index in [1.54, 1.807) is 0 Å². The molecule has 0 radical (unpaired) electrons. The number of anilines is 1. The molecule has 2 heterocycles. The Morgan fingerprint density at radius 3 is 2.59 bits per heavy atom. The van der Waals surface area contributed by atoms with Crippen molar-refractivity contribution in [2.75, 3.05) is 5.32 Å². The zero-order valence-electron chi connectivity index (χ0n) is 18.0. The first kappa shape index (κ1) is 18.9. The van der Waals surface area contributed by atoms with Gasteiger partial charge < -0.3 is 10.4 Å². The van der Waals surface area contributed by atoms with Gasteiger partial charge in [-0.05, 0) is 45.4 Å². The van der Waals surface area contributed by atoms with Crippen LogP contribution < -0.4 is 10.4 Å². The van der Waals surface area contributed by atoms with Crippen LogP contribution in [0.15, 0.2) is 66.2 Å². The first-order chi connectivity index (χ1) is 15.5. The third-order valence-electron chi connectivity index (χ3n) is 6.56. The highest BCUT2D eigenvalue weighted by atomic mass is 16.1.